The zero-order chi connectivity index (χ0) is 20.2. The molecule has 2 aromatic heterocycles. The second kappa shape index (κ2) is 8.64. The molecule has 4 heteroatoms. The Kier molecular flexibility index (Phi) is 5.79. The third-order valence-corrected chi connectivity index (χ3v) is 6.05. The average Bonchev–Trinajstić information content (AvgIpc) is 2.91. The summed E-state index contributed by atoms with van der Waals surface area (Å²) in [6.07, 6.45) is 11.1. The fourth-order valence-corrected chi connectivity index (χ4v) is 4.31. The fourth-order valence-electron chi connectivity index (χ4n) is 4.31. The topological polar surface area (TPSA) is 29.1 Å². The van der Waals surface area contributed by atoms with Crippen molar-refractivity contribution < 1.29 is 9.36 Å². The minimum absolute atomic E-state index is 0.237. The molecule has 1 saturated heterocycles. The van der Waals surface area contributed by atoms with Crippen LogP contribution in [-0.4, -0.2) is 28.5 Å². The van der Waals surface area contributed by atoms with Crippen LogP contribution in [0.3, 0.4) is 0 Å². The smallest absolute Gasteiger partial charge is 0.242 e. The molecular weight excluding hydrogens is 358 g/mol. The molecule has 0 bridgehead atoms. The Hall–Kier alpha value is -2.88. The molecule has 4 rings (SSSR count). The lowest BCUT2D eigenvalue weighted by atomic mass is 10.1. The summed E-state index contributed by atoms with van der Waals surface area (Å²) in [5, 5.41) is 1.20. The number of para-hydroxylation sites is 1. The summed E-state index contributed by atoms with van der Waals surface area (Å²) in [5.74, 6) is 0.237. The number of aromatic nitrogens is 2. The van der Waals surface area contributed by atoms with Gasteiger partial charge in [0.2, 0.25) is 11.6 Å². The Morgan fingerprint density at radius 3 is 2.48 bits per heavy atom. The minimum atomic E-state index is 0.237. The number of pyridine rings is 1. The molecule has 29 heavy (non-hydrogen) atoms. The fraction of sp³-hybridized carbons (Fsp3) is 0.360. The van der Waals surface area contributed by atoms with E-state index < -0.39 is 0 Å². The van der Waals surface area contributed by atoms with Crippen molar-refractivity contribution >= 4 is 29.0 Å². The molecule has 3 aromatic rings. The van der Waals surface area contributed by atoms with Crippen LogP contribution in [-0.2, 0) is 18.4 Å². The van der Waals surface area contributed by atoms with Gasteiger partial charge >= 0.3 is 0 Å². The van der Waals surface area contributed by atoms with Crippen LogP contribution >= 0.6 is 0 Å². The van der Waals surface area contributed by atoms with E-state index in [2.05, 4.69) is 82.8 Å². The molecule has 0 spiro atoms. The Morgan fingerprint density at radius 2 is 1.72 bits per heavy atom. The van der Waals surface area contributed by atoms with Gasteiger partial charge in [-0.05, 0) is 38.0 Å². The molecule has 0 aliphatic carbocycles. The van der Waals surface area contributed by atoms with Crippen LogP contribution in [0.5, 0.6) is 0 Å². The average molecular weight is 389 g/mol. The number of fused-ring (bicyclic) bond motifs is 1. The second-order valence-electron chi connectivity index (χ2n) is 7.97. The molecule has 0 saturated carbocycles. The van der Waals surface area contributed by atoms with E-state index in [1.54, 1.807) is 0 Å². The first kappa shape index (κ1) is 19.4. The van der Waals surface area contributed by atoms with Gasteiger partial charge < -0.3 is 9.47 Å². The number of likely N-dealkylation sites (tertiary alicyclic amines) is 1. The van der Waals surface area contributed by atoms with Gasteiger partial charge in [0.1, 0.15) is 13.6 Å². The number of carbonyl (C=O) groups is 1. The largest absolute Gasteiger partial charge is 0.341 e. The van der Waals surface area contributed by atoms with Crippen LogP contribution in [0.1, 0.15) is 42.6 Å². The van der Waals surface area contributed by atoms with E-state index in [1.807, 2.05) is 6.07 Å². The van der Waals surface area contributed by atoms with Gasteiger partial charge in [0.05, 0.1) is 0 Å². The molecule has 150 valence electrons. The maximum absolute atomic E-state index is 13.0. The maximum Gasteiger partial charge on any atom is 0.242 e. The Labute approximate surface area is 173 Å². The number of benzene rings is 1. The molecular formula is C25H30N3O+. The van der Waals surface area contributed by atoms with Crippen molar-refractivity contribution in [2.75, 3.05) is 13.1 Å². The van der Waals surface area contributed by atoms with Gasteiger partial charge in [-0.3, -0.25) is 4.79 Å². The van der Waals surface area contributed by atoms with Crippen molar-refractivity contribution in [1.82, 2.24) is 9.47 Å². The Morgan fingerprint density at radius 1 is 1.00 bits per heavy atom. The van der Waals surface area contributed by atoms with Crippen molar-refractivity contribution in [1.29, 1.82) is 0 Å². The van der Waals surface area contributed by atoms with Crippen molar-refractivity contribution in [3.63, 3.8) is 0 Å². The third kappa shape index (κ3) is 4.12. The Bertz CT molecular complexity index is 1040. The first-order chi connectivity index (χ1) is 14.1. The van der Waals surface area contributed by atoms with Gasteiger partial charge in [0.15, 0.2) is 6.20 Å². The molecule has 0 N–H and O–H groups in total. The van der Waals surface area contributed by atoms with Crippen LogP contribution in [0.4, 0.5) is 0 Å². The monoisotopic (exact) mass is 388 g/mol. The first-order valence-electron chi connectivity index (χ1n) is 10.6. The number of aryl methyl sites for hydroxylation is 1. The zero-order valence-corrected chi connectivity index (χ0v) is 17.5. The maximum atomic E-state index is 13.0. The number of amides is 1. The number of carbonyl (C=O) groups excluding carboxylic acids is 1. The van der Waals surface area contributed by atoms with E-state index in [0.717, 1.165) is 42.8 Å². The van der Waals surface area contributed by atoms with Gasteiger partial charge in [-0.15, -0.1) is 0 Å². The summed E-state index contributed by atoms with van der Waals surface area (Å²) in [6, 6.07) is 14.6. The van der Waals surface area contributed by atoms with E-state index in [0.29, 0.717) is 6.54 Å². The summed E-state index contributed by atoms with van der Waals surface area (Å²) in [7, 11) is 2.05. The van der Waals surface area contributed by atoms with Gasteiger partial charge in [-0.1, -0.05) is 31.0 Å². The van der Waals surface area contributed by atoms with E-state index in [9.17, 15) is 4.79 Å². The summed E-state index contributed by atoms with van der Waals surface area (Å²) in [5.41, 5.74) is 4.60. The van der Waals surface area contributed by atoms with Crippen LogP contribution in [0.25, 0.3) is 23.1 Å². The minimum Gasteiger partial charge on any atom is -0.341 e. The van der Waals surface area contributed by atoms with E-state index in [4.69, 9.17) is 0 Å². The highest BCUT2D eigenvalue weighted by atomic mass is 16.2. The van der Waals surface area contributed by atoms with Gasteiger partial charge in [-0.25, -0.2) is 4.57 Å². The molecule has 1 aromatic carbocycles. The first-order valence-corrected chi connectivity index (χ1v) is 10.6. The van der Waals surface area contributed by atoms with Crippen molar-refractivity contribution in [2.24, 2.45) is 7.05 Å². The number of rotatable bonds is 4. The standard InChI is InChI=1S/C25H30N3O/c1-20-22(15-14-21-11-7-10-16-26(21)2)23-12-5-6-13-24(23)28(20)19-25(29)27-17-8-3-4-9-18-27/h5-7,10-16H,3-4,8-9,17-19H2,1-2H3/q+1. The molecule has 0 radical (unpaired) electrons. The summed E-state index contributed by atoms with van der Waals surface area (Å²) in [4.78, 5) is 15.1. The van der Waals surface area contributed by atoms with Crippen LogP contribution in [0, 0.1) is 6.92 Å². The summed E-state index contributed by atoms with van der Waals surface area (Å²) >= 11 is 0. The predicted molar refractivity (Wildman–Crippen MR) is 118 cm³/mol. The van der Waals surface area contributed by atoms with Crippen LogP contribution < -0.4 is 4.57 Å². The van der Waals surface area contributed by atoms with Crippen molar-refractivity contribution in [2.45, 2.75) is 39.2 Å². The highest BCUT2D eigenvalue weighted by Crippen LogP contribution is 2.28. The third-order valence-electron chi connectivity index (χ3n) is 6.05. The number of nitrogens with zero attached hydrogens (tertiary/aromatic N) is 3. The highest BCUT2D eigenvalue weighted by molar-refractivity contribution is 5.94. The van der Waals surface area contributed by atoms with Crippen LogP contribution in [0.2, 0.25) is 0 Å². The van der Waals surface area contributed by atoms with Crippen LogP contribution in [0.15, 0.2) is 48.7 Å². The van der Waals surface area contributed by atoms with Gasteiger partial charge in [-0.2, -0.15) is 0 Å². The SMILES string of the molecule is Cc1c(/C=C/c2cccc[n+]2C)c2ccccc2n1CC(=O)N1CCCCCC1. The predicted octanol–water partition coefficient (Wildman–Crippen LogP) is 4.35. The number of hydrogen-bond acceptors (Lipinski definition) is 1. The molecule has 1 amide bonds. The molecule has 0 unspecified atom stereocenters. The van der Waals surface area contributed by atoms with Crippen molar-refractivity contribution in [3.8, 4) is 0 Å². The molecule has 1 fully saturated rings. The van der Waals surface area contributed by atoms with Gasteiger partial charge in [0.25, 0.3) is 0 Å². The van der Waals surface area contributed by atoms with E-state index in [-0.39, 0.29) is 5.91 Å². The lowest BCUT2D eigenvalue weighted by Gasteiger charge is -2.21. The molecule has 1 aliphatic rings. The van der Waals surface area contributed by atoms with E-state index >= 15 is 0 Å². The summed E-state index contributed by atoms with van der Waals surface area (Å²) < 4.78 is 4.29. The summed E-state index contributed by atoms with van der Waals surface area (Å²) in [6.45, 7) is 4.34. The lowest BCUT2D eigenvalue weighted by Crippen LogP contribution is -2.34. The quantitative estimate of drug-likeness (QED) is 0.611. The molecule has 3 heterocycles. The zero-order valence-electron chi connectivity index (χ0n) is 17.5. The molecule has 1 aliphatic heterocycles. The number of hydrogen-bond donors (Lipinski definition) is 0. The molecule has 4 nitrogen and oxygen atoms in total. The normalized spacial score (nSPS) is 15.2. The Balaban J connectivity index is 1.67. The highest BCUT2D eigenvalue weighted by Gasteiger charge is 2.19. The van der Waals surface area contributed by atoms with Crippen molar-refractivity contribution in [3.05, 3.63) is 65.6 Å². The van der Waals surface area contributed by atoms with Gasteiger partial charge in [0, 0.05) is 53.5 Å². The second-order valence-corrected chi connectivity index (χ2v) is 7.97. The lowest BCUT2D eigenvalue weighted by molar-refractivity contribution is -0.673. The molecule has 0 atom stereocenters. The van der Waals surface area contributed by atoms with E-state index in [1.165, 1.54) is 23.8 Å².